The summed E-state index contributed by atoms with van der Waals surface area (Å²) in [6.45, 7) is 2.56. The number of aliphatic imine (C=N–C) groups is 1. The molecule has 0 saturated carbocycles. The minimum atomic E-state index is 0. The third-order valence-electron chi connectivity index (χ3n) is 4.76. The van der Waals surface area contributed by atoms with Gasteiger partial charge in [0.2, 0.25) is 0 Å². The molecular formula is C19H25IN6OS. The monoisotopic (exact) mass is 512 g/mol. The predicted octanol–water partition coefficient (Wildman–Crippen LogP) is 2.97. The summed E-state index contributed by atoms with van der Waals surface area (Å²) in [6.07, 6.45) is 5.12. The average molecular weight is 512 g/mol. The number of thiazole rings is 1. The molecule has 1 aliphatic heterocycles. The second kappa shape index (κ2) is 9.46. The van der Waals surface area contributed by atoms with Gasteiger partial charge in [0.05, 0.1) is 25.0 Å². The Labute approximate surface area is 185 Å². The lowest BCUT2D eigenvalue weighted by molar-refractivity contribution is 0.415. The van der Waals surface area contributed by atoms with Crippen LogP contribution in [0.4, 0.5) is 5.69 Å². The van der Waals surface area contributed by atoms with Gasteiger partial charge >= 0.3 is 0 Å². The molecule has 1 unspecified atom stereocenters. The third kappa shape index (κ3) is 4.52. The molecule has 1 aromatic carbocycles. The molecule has 0 spiro atoms. The lowest BCUT2D eigenvalue weighted by Crippen LogP contribution is -2.44. The minimum absolute atomic E-state index is 0. The van der Waals surface area contributed by atoms with Crippen LogP contribution in [0.15, 0.2) is 47.0 Å². The van der Waals surface area contributed by atoms with Gasteiger partial charge in [-0.25, -0.2) is 4.98 Å². The number of methoxy groups -OCH3 is 1. The van der Waals surface area contributed by atoms with Crippen molar-refractivity contribution in [2.24, 2.45) is 4.99 Å². The summed E-state index contributed by atoms with van der Waals surface area (Å²) in [5, 5.41) is 8.93. The van der Waals surface area contributed by atoms with Crippen LogP contribution in [0.1, 0.15) is 12.1 Å². The topological polar surface area (TPSA) is 66.2 Å². The van der Waals surface area contributed by atoms with E-state index >= 15 is 0 Å². The molecule has 2 N–H and O–H groups in total. The molecule has 4 rings (SSSR count). The van der Waals surface area contributed by atoms with Gasteiger partial charge in [0.1, 0.15) is 5.75 Å². The van der Waals surface area contributed by atoms with E-state index in [-0.39, 0.29) is 24.0 Å². The fourth-order valence-corrected chi connectivity index (χ4v) is 4.13. The average Bonchev–Trinajstić information content (AvgIpc) is 3.41. The van der Waals surface area contributed by atoms with E-state index in [9.17, 15) is 0 Å². The number of ether oxygens (including phenoxy) is 1. The van der Waals surface area contributed by atoms with Crippen LogP contribution in [-0.4, -0.2) is 48.6 Å². The molecule has 1 atom stereocenters. The third-order valence-corrected chi connectivity index (χ3v) is 5.53. The maximum Gasteiger partial charge on any atom is 0.193 e. The number of benzene rings is 1. The molecule has 3 heterocycles. The smallest absolute Gasteiger partial charge is 0.193 e. The van der Waals surface area contributed by atoms with Gasteiger partial charge in [-0.15, -0.1) is 35.3 Å². The van der Waals surface area contributed by atoms with Crippen molar-refractivity contribution < 1.29 is 4.74 Å². The fourth-order valence-electron chi connectivity index (χ4n) is 3.41. The molecule has 150 valence electrons. The lowest BCUT2D eigenvalue weighted by atomic mass is 10.2. The number of anilines is 1. The van der Waals surface area contributed by atoms with Gasteiger partial charge in [-0.2, -0.15) is 0 Å². The Bertz CT molecular complexity index is 911. The van der Waals surface area contributed by atoms with Crippen molar-refractivity contribution in [3.63, 3.8) is 0 Å². The van der Waals surface area contributed by atoms with E-state index in [0.29, 0.717) is 12.6 Å². The van der Waals surface area contributed by atoms with Crippen molar-refractivity contribution >= 4 is 51.9 Å². The van der Waals surface area contributed by atoms with Crippen molar-refractivity contribution in [3.8, 4) is 5.75 Å². The summed E-state index contributed by atoms with van der Waals surface area (Å²) < 4.78 is 7.54. The number of hydrogen-bond donors (Lipinski definition) is 2. The number of imidazole rings is 1. The number of nitrogens with one attached hydrogen (secondary N) is 2. The fraction of sp³-hybridized carbons (Fsp3) is 0.368. The van der Waals surface area contributed by atoms with Gasteiger partial charge < -0.3 is 20.3 Å². The summed E-state index contributed by atoms with van der Waals surface area (Å²) in [6, 6.07) is 8.51. The van der Waals surface area contributed by atoms with E-state index in [1.807, 2.05) is 34.3 Å². The molecule has 9 heteroatoms. The van der Waals surface area contributed by atoms with Gasteiger partial charge in [0.25, 0.3) is 0 Å². The van der Waals surface area contributed by atoms with E-state index in [2.05, 4.69) is 37.6 Å². The molecule has 28 heavy (non-hydrogen) atoms. The summed E-state index contributed by atoms with van der Waals surface area (Å²) in [5.41, 5.74) is 2.15. The van der Waals surface area contributed by atoms with Crippen molar-refractivity contribution in [2.45, 2.75) is 19.0 Å². The molecule has 2 aromatic heterocycles. The predicted molar refractivity (Wildman–Crippen MR) is 125 cm³/mol. The van der Waals surface area contributed by atoms with E-state index in [0.717, 1.165) is 47.6 Å². The number of rotatable bonds is 5. The van der Waals surface area contributed by atoms with Crippen LogP contribution < -0.4 is 20.3 Å². The molecule has 1 saturated heterocycles. The van der Waals surface area contributed by atoms with E-state index in [4.69, 9.17) is 4.74 Å². The summed E-state index contributed by atoms with van der Waals surface area (Å²) >= 11 is 1.64. The van der Waals surface area contributed by atoms with Crippen LogP contribution >= 0.6 is 35.3 Å². The first-order valence-electron chi connectivity index (χ1n) is 9.03. The Kier molecular flexibility index (Phi) is 7.00. The maximum absolute atomic E-state index is 5.49. The molecule has 0 amide bonds. The van der Waals surface area contributed by atoms with Gasteiger partial charge in [-0.3, -0.25) is 9.39 Å². The Morgan fingerprint density at radius 1 is 1.39 bits per heavy atom. The molecule has 1 aliphatic rings. The summed E-state index contributed by atoms with van der Waals surface area (Å²) in [7, 11) is 3.52. The highest BCUT2D eigenvalue weighted by molar-refractivity contribution is 14.0. The summed E-state index contributed by atoms with van der Waals surface area (Å²) in [4.78, 5) is 12.3. The second-order valence-corrected chi connectivity index (χ2v) is 7.37. The molecule has 0 bridgehead atoms. The maximum atomic E-state index is 5.49. The van der Waals surface area contributed by atoms with E-state index in [1.165, 1.54) is 0 Å². The van der Waals surface area contributed by atoms with Crippen LogP contribution in [0.25, 0.3) is 4.96 Å². The van der Waals surface area contributed by atoms with Crippen molar-refractivity contribution in [2.75, 3.05) is 32.1 Å². The van der Waals surface area contributed by atoms with E-state index in [1.54, 1.807) is 25.5 Å². The second-order valence-electron chi connectivity index (χ2n) is 6.50. The molecular weight excluding hydrogens is 487 g/mol. The molecule has 0 aliphatic carbocycles. The zero-order chi connectivity index (χ0) is 18.6. The van der Waals surface area contributed by atoms with Crippen LogP contribution in [0.5, 0.6) is 5.75 Å². The number of guanidine groups is 1. The molecule has 0 radical (unpaired) electrons. The Balaban J connectivity index is 0.00000225. The standard InChI is InChI=1S/C19H24N6OS.HI/c1-20-18(21-11-15-13-25-9-10-27-19(25)23-15)22-14-7-8-24(12-14)16-5-3-4-6-17(16)26-2;/h3-6,9-10,13-14H,7-8,11-12H2,1-2H3,(H2,20,21,22);1H. The Morgan fingerprint density at radius 2 is 2.25 bits per heavy atom. The zero-order valence-corrected chi connectivity index (χ0v) is 19.1. The highest BCUT2D eigenvalue weighted by Crippen LogP contribution is 2.30. The van der Waals surface area contributed by atoms with Crippen LogP contribution in [0, 0.1) is 0 Å². The minimum Gasteiger partial charge on any atom is -0.495 e. The highest BCUT2D eigenvalue weighted by Gasteiger charge is 2.25. The number of aromatic nitrogens is 2. The number of para-hydroxylation sites is 2. The zero-order valence-electron chi connectivity index (χ0n) is 16.0. The van der Waals surface area contributed by atoms with Crippen LogP contribution in [0.3, 0.4) is 0 Å². The summed E-state index contributed by atoms with van der Waals surface area (Å²) in [5.74, 6) is 1.72. The lowest BCUT2D eigenvalue weighted by Gasteiger charge is -2.22. The van der Waals surface area contributed by atoms with Gasteiger partial charge in [0.15, 0.2) is 10.9 Å². The van der Waals surface area contributed by atoms with Gasteiger partial charge in [-0.05, 0) is 18.6 Å². The normalized spacial score (nSPS) is 16.9. The van der Waals surface area contributed by atoms with Crippen molar-refractivity contribution in [3.05, 3.63) is 47.7 Å². The van der Waals surface area contributed by atoms with Gasteiger partial charge in [0, 0.05) is 44.0 Å². The van der Waals surface area contributed by atoms with Crippen LogP contribution in [0.2, 0.25) is 0 Å². The number of halogens is 1. The molecule has 1 fully saturated rings. The first-order valence-corrected chi connectivity index (χ1v) is 9.91. The van der Waals surface area contributed by atoms with Crippen molar-refractivity contribution in [1.29, 1.82) is 0 Å². The number of hydrogen-bond acceptors (Lipinski definition) is 5. The highest BCUT2D eigenvalue weighted by atomic mass is 127. The SMILES string of the molecule is CN=C(NCc1cn2ccsc2n1)NC1CCN(c2ccccc2OC)C1.I. The Morgan fingerprint density at radius 3 is 3.04 bits per heavy atom. The number of nitrogens with zero attached hydrogens (tertiary/aromatic N) is 4. The Hall–Kier alpha value is -2.01. The number of fused-ring (bicyclic) bond motifs is 1. The van der Waals surface area contributed by atoms with E-state index < -0.39 is 0 Å². The molecule has 3 aromatic rings. The van der Waals surface area contributed by atoms with Gasteiger partial charge in [-0.1, -0.05) is 12.1 Å². The van der Waals surface area contributed by atoms with Crippen molar-refractivity contribution in [1.82, 2.24) is 20.0 Å². The first-order chi connectivity index (χ1) is 13.3. The quantitative estimate of drug-likeness (QED) is 0.313. The first kappa shape index (κ1) is 20.7. The largest absolute Gasteiger partial charge is 0.495 e. The molecule has 7 nitrogen and oxygen atoms in total. The van der Waals surface area contributed by atoms with Crippen LogP contribution in [-0.2, 0) is 6.54 Å².